The molecule has 0 saturated carbocycles. The van der Waals surface area contributed by atoms with E-state index in [1.807, 2.05) is 77.7 Å². The minimum absolute atomic E-state index is 0.0272. The second-order valence-corrected chi connectivity index (χ2v) is 8.44. The van der Waals surface area contributed by atoms with Crippen LogP contribution < -0.4 is 9.64 Å². The topological polar surface area (TPSA) is 63.5 Å². The summed E-state index contributed by atoms with van der Waals surface area (Å²) in [5.41, 5.74) is 4.34. The van der Waals surface area contributed by atoms with Crippen LogP contribution in [-0.4, -0.2) is 59.1 Å². The molecular formula is C26H24ClN5O2. The Morgan fingerprint density at radius 1 is 0.912 bits per heavy atom. The lowest BCUT2D eigenvalue weighted by molar-refractivity contribution is 0.0747. The second-order valence-electron chi connectivity index (χ2n) is 8.04. The molecule has 0 spiro atoms. The van der Waals surface area contributed by atoms with Gasteiger partial charge in [0, 0.05) is 37.3 Å². The molecule has 1 saturated heterocycles. The molecule has 0 N–H and O–H groups in total. The van der Waals surface area contributed by atoms with E-state index in [0.717, 1.165) is 46.5 Å². The maximum absolute atomic E-state index is 13.1. The van der Waals surface area contributed by atoms with Gasteiger partial charge in [0.1, 0.15) is 5.75 Å². The Hall–Kier alpha value is -3.84. The minimum atomic E-state index is 0.0272. The summed E-state index contributed by atoms with van der Waals surface area (Å²) >= 11 is 6.33. The molecule has 4 aromatic rings. The number of methoxy groups -OCH3 is 1. The number of benzene rings is 3. The molecule has 1 amide bonds. The quantitative estimate of drug-likeness (QED) is 0.425. The van der Waals surface area contributed by atoms with Crippen molar-refractivity contribution in [1.29, 1.82) is 0 Å². The van der Waals surface area contributed by atoms with Crippen molar-refractivity contribution in [3.8, 4) is 22.7 Å². The van der Waals surface area contributed by atoms with Gasteiger partial charge >= 0.3 is 0 Å². The lowest BCUT2D eigenvalue weighted by Gasteiger charge is -2.36. The first-order chi connectivity index (χ1) is 16.6. The van der Waals surface area contributed by atoms with Crippen LogP contribution in [0.2, 0.25) is 5.02 Å². The van der Waals surface area contributed by atoms with Gasteiger partial charge in [-0.1, -0.05) is 28.9 Å². The molecule has 1 aliphatic rings. The number of rotatable bonds is 5. The fourth-order valence-corrected chi connectivity index (χ4v) is 4.43. The molecule has 0 atom stereocenters. The van der Waals surface area contributed by atoms with E-state index in [-0.39, 0.29) is 5.91 Å². The fourth-order valence-electron chi connectivity index (χ4n) is 4.17. The van der Waals surface area contributed by atoms with Crippen molar-refractivity contribution < 1.29 is 9.53 Å². The van der Waals surface area contributed by atoms with Crippen LogP contribution in [0.3, 0.4) is 0 Å². The monoisotopic (exact) mass is 473 g/mol. The number of carbonyl (C=O) groups is 1. The van der Waals surface area contributed by atoms with E-state index in [2.05, 4.69) is 15.2 Å². The van der Waals surface area contributed by atoms with Crippen LogP contribution >= 0.6 is 11.6 Å². The Bertz CT molecular complexity index is 1280. The van der Waals surface area contributed by atoms with Crippen LogP contribution in [0.4, 0.5) is 5.69 Å². The van der Waals surface area contributed by atoms with Crippen LogP contribution in [-0.2, 0) is 0 Å². The third-order valence-electron chi connectivity index (χ3n) is 6.05. The summed E-state index contributed by atoms with van der Waals surface area (Å²) in [5.74, 6) is 0.817. The van der Waals surface area contributed by atoms with E-state index >= 15 is 0 Å². The maximum Gasteiger partial charge on any atom is 0.253 e. The zero-order valence-electron chi connectivity index (χ0n) is 18.8. The van der Waals surface area contributed by atoms with Gasteiger partial charge in [-0.2, -0.15) is 0 Å². The number of nitrogens with zero attached hydrogens (tertiary/aromatic N) is 5. The van der Waals surface area contributed by atoms with Crippen molar-refractivity contribution in [2.24, 2.45) is 0 Å². The largest absolute Gasteiger partial charge is 0.497 e. The van der Waals surface area contributed by atoms with Crippen LogP contribution in [0.5, 0.6) is 5.75 Å². The number of carbonyl (C=O) groups excluding carboxylic acids is 1. The molecule has 1 fully saturated rings. The first-order valence-corrected chi connectivity index (χ1v) is 11.5. The Labute approximate surface area is 203 Å². The lowest BCUT2D eigenvalue weighted by Crippen LogP contribution is -2.48. The molecule has 172 valence electrons. The molecule has 2 heterocycles. The van der Waals surface area contributed by atoms with Crippen molar-refractivity contribution >= 4 is 23.2 Å². The van der Waals surface area contributed by atoms with Gasteiger partial charge in [0.05, 0.1) is 35.4 Å². The molecular weight excluding hydrogens is 450 g/mol. The Kier molecular flexibility index (Phi) is 6.18. The van der Waals surface area contributed by atoms with E-state index in [1.165, 1.54) is 0 Å². The molecule has 0 radical (unpaired) electrons. The summed E-state index contributed by atoms with van der Waals surface area (Å²) < 4.78 is 7.00. The maximum atomic E-state index is 13.1. The van der Waals surface area contributed by atoms with Gasteiger partial charge in [0.2, 0.25) is 0 Å². The molecule has 0 unspecified atom stereocenters. The zero-order valence-corrected chi connectivity index (χ0v) is 19.5. The summed E-state index contributed by atoms with van der Waals surface area (Å²) in [6.45, 7) is 2.79. The smallest absolute Gasteiger partial charge is 0.253 e. The molecule has 34 heavy (non-hydrogen) atoms. The summed E-state index contributed by atoms with van der Waals surface area (Å²) in [5, 5.41) is 9.05. The second kappa shape index (κ2) is 9.57. The lowest BCUT2D eigenvalue weighted by atomic mass is 10.1. The SMILES string of the molecule is COc1ccc(-c2cnnn2-c2ccc(C(=O)N3CCN(c4ccccc4Cl)CC3)cc2)cc1. The Balaban J connectivity index is 1.28. The van der Waals surface area contributed by atoms with Crippen molar-refractivity contribution in [1.82, 2.24) is 19.9 Å². The minimum Gasteiger partial charge on any atom is -0.497 e. The summed E-state index contributed by atoms with van der Waals surface area (Å²) in [6.07, 6.45) is 1.72. The number of para-hydroxylation sites is 1. The summed E-state index contributed by atoms with van der Waals surface area (Å²) in [7, 11) is 1.64. The van der Waals surface area contributed by atoms with Gasteiger partial charge in [-0.15, -0.1) is 5.10 Å². The average molecular weight is 474 g/mol. The number of piperazine rings is 1. The van der Waals surface area contributed by atoms with E-state index in [1.54, 1.807) is 18.0 Å². The molecule has 1 aromatic heterocycles. The molecule has 0 aliphatic carbocycles. The van der Waals surface area contributed by atoms with E-state index < -0.39 is 0 Å². The number of aromatic nitrogens is 3. The molecule has 7 nitrogen and oxygen atoms in total. The molecule has 0 bridgehead atoms. The third kappa shape index (κ3) is 4.34. The highest BCUT2D eigenvalue weighted by atomic mass is 35.5. The standard InChI is InChI=1S/C26H24ClN5O2/c1-34-22-12-8-19(9-13-22)25-18-28-29-32(25)21-10-6-20(7-11-21)26(33)31-16-14-30(15-17-31)24-5-3-2-4-23(24)27/h2-13,18H,14-17H2,1H3. The molecule has 8 heteroatoms. The molecule has 1 aliphatic heterocycles. The van der Waals surface area contributed by atoms with Crippen molar-refractivity contribution in [3.63, 3.8) is 0 Å². The first-order valence-electron chi connectivity index (χ1n) is 11.1. The van der Waals surface area contributed by atoms with Gasteiger partial charge in [-0.3, -0.25) is 4.79 Å². The van der Waals surface area contributed by atoms with Gasteiger partial charge in [-0.05, 0) is 60.7 Å². The molecule has 3 aromatic carbocycles. The number of ether oxygens (including phenoxy) is 1. The predicted molar refractivity (Wildman–Crippen MR) is 133 cm³/mol. The van der Waals surface area contributed by atoms with Gasteiger partial charge in [-0.25, -0.2) is 4.68 Å². The number of anilines is 1. The van der Waals surface area contributed by atoms with Crippen LogP contribution in [0, 0.1) is 0 Å². The van der Waals surface area contributed by atoms with Crippen molar-refractivity contribution in [2.75, 3.05) is 38.2 Å². The Morgan fingerprint density at radius 3 is 2.29 bits per heavy atom. The zero-order chi connectivity index (χ0) is 23.5. The predicted octanol–water partition coefficient (Wildman–Crippen LogP) is 4.56. The highest BCUT2D eigenvalue weighted by Crippen LogP contribution is 2.27. The van der Waals surface area contributed by atoms with Gasteiger partial charge < -0.3 is 14.5 Å². The van der Waals surface area contributed by atoms with Crippen molar-refractivity contribution in [2.45, 2.75) is 0 Å². The number of hydrogen-bond acceptors (Lipinski definition) is 5. The summed E-state index contributed by atoms with van der Waals surface area (Å²) in [6, 6.07) is 23.0. The van der Waals surface area contributed by atoms with Crippen molar-refractivity contribution in [3.05, 3.63) is 89.6 Å². The number of amides is 1. The van der Waals surface area contributed by atoms with Crippen LogP contribution in [0.25, 0.3) is 16.9 Å². The highest BCUT2D eigenvalue weighted by molar-refractivity contribution is 6.33. The molecule has 5 rings (SSSR count). The summed E-state index contributed by atoms with van der Waals surface area (Å²) in [4.78, 5) is 17.2. The van der Waals surface area contributed by atoms with Crippen LogP contribution in [0.15, 0.2) is 79.0 Å². The average Bonchev–Trinajstić information content (AvgIpc) is 3.39. The van der Waals surface area contributed by atoms with E-state index in [4.69, 9.17) is 16.3 Å². The van der Waals surface area contributed by atoms with E-state index in [9.17, 15) is 4.79 Å². The van der Waals surface area contributed by atoms with Gasteiger partial charge in [0.25, 0.3) is 5.91 Å². The Morgan fingerprint density at radius 2 is 1.62 bits per heavy atom. The normalized spacial score (nSPS) is 13.7. The van der Waals surface area contributed by atoms with Gasteiger partial charge in [0.15, 0.2) is 0 Å². The third-order valence-corrected chi connectivity index (χ3v) is 6.37. The van der Waals surface area contributed by atoms with Crippen LogP contribution in [0.1, 0.15) is 10.4 Å². The first kappa shape index (κ1) is 22.0. The number of hydrogen-bond donors (Lipinski definition) is 0. The van der Waals surface area contributed by atoms with E-state index in [0.29, 0.717) is 18.7 Å². The fraction of sp³-hybridized carbons (Fsp3) is 0.192. The number of halogens is 1. The highest BCUT2D eigenvalue weighted by Gasteiger charge is 2.23.